The summed E-state index contributed by atoms with van der Waals surface area (Å²) in [5.74, 6) is -1.73. The van der Waals surface area contributed by atoms with Crippen LogP contribution in [0.1, 0.15) is 181 Å². The second-order valence-corrected chi connectivity index (χ2v) is 14.5. The molecule has 8 heteroatoms. The molecule has 8 nitrogen and oxygen atoms in total. The van der Waals surface area contributed by atoms with E-state index in [0.29, 0.717) is 12.8 Å². The predicted octanol–water partition coefficient (Wildman–Crippen LogP) is 8.47. The van der Waals surface area contributed by atoms with Crippen LogP contribution in [0.25, 0.3) is 0 Å². The van der Waals surface area contributed by atoms with Crippen molar-refractivity contribution in [3.8, 4) is 0 Å². The maximum atomic E-state index is 12.6. The van der Waals surface area contributed by atoms with Crippen molar-refractivity contribution in [3.05, 3.63) is 0 Å². The Bertz CT molecular complexity index is 752. The van der Waals surface area contributed by atoms with Gasteiger partial charge in [-0.05, 0) is 12.8 Å². The predicted molar refractivity (Wildman–Crippen MR) is 190 cm³/mol. The maximum absolute atomic E-state index is 12.6. The second kappa shape index (κ2) is 31.6. The zero-order chi connectivity index (χ0) is 35.0. The van der Waals surface area contributed by atoms with Crippen molar-refractivity contribution in [1.82, 2.24) is 0 Å². The molecular formula is C39H75NO7. The van der Waals surface area contributed by atoms with Gasteiger partial charge in [-0.1, -0.05) is 149 Å². The number of rotatable bonds is 35. The van der Waals surface area contributed by atoms with Crippen molar-refractivity contribution in [1.29, 1.82) is 0 Å². The van der Waals surface area contributed by atoms with Gasteiger partial charge in [-0.3, -0.25) is 9.59 Å². The van der Waals surface area contributed by atoms with E-state index < -0.39 is 18.1 Å². The fourth-order valence-corrected chi connectivity index (χ4v) is 5.89. The smallest absolute Gasteiger partial charge is 0.306 e. The molecule has 0 saturated carbocycles. The third-order valence-corrected chi connectivity index (χ3v) is 8.99. The molecule has 0 fully saturated rings. The van der Waals surface area contributed by atoms with E-state index in [-0.39, 0.29) is 42.7 Å². The molecule has 0 saturated heterocycles. The summed E-state index contributed by atoms with van der Waals surface area (Å²) < 4.78 is 17.1. The van der Waals surface area contributed by atoms with Crippen molar-refractivity contribution in [2.24, 2.45) is 0 Å². The van der Waals surface area contributed by atoms with Crippen LogP contribution in [0.3, 0.4) is 0 Å². The number of hydrogen-bond acceptors (Lipinski definition) is 7. The normalized spacial score (nSPS) is 13.0. The van der Waals surface area contributed by atoms with E-state index in [1.165, 1.54) is 109 Å². The van der Waals surface area contributed by atoms with E-state index in [1.54, 1.807) is 21.1 Å². The van der Waals surface area contributed by atoms with Gasteiger partial charge in [0.1, 0.15) is 12.6 Å². The summed E-state index contributed by atoms with van der Waals surface area (Å²) >= 11 is 0. The molecule has 0 N–H and O–H groups in total. The van der Waals surface area contributed by atoms with Crippen molar-refractivity contribution in [2.75, 3.05) is 41.0 Å². The highest BCUT2D eigenvalue weighted by molar-refractivity contribution is 5.70. The fraction of sp³-hybridized carbons (Fsp3) is 0.923. The molecule has 0 rings (SSSR count). The number of likely N-dealkylation sites (N-methyl/N-ethyl adjacent to an activating group) is 1. The molecule has 2 unspecified atom stereocenters. The van der Waals surface area contributed by atoms with E-state index >= 15 is 0 Å². The Kier molecular flexibility index (Phi) is 30.5. The summed E-state index contributed by atoms with van der Waals surface area (Å²) in [7, 11) is 5.40. The lowest BCUT2D eigenvalue weighted by molar-refractivity contribution is -0.889. The van der Waals surface area contributed by atoms with Gasteiger partial charge >= 0.3 is 11.9 Å². The topological polar surface area (TPSA) is 102 Å². The number of ether oxygens (including phenoxy) is 3. The highest BCUT2D eigenvalue weighted by atomic mass is 16.6. The monoisotopic (exact) mass is 670 g/mol. The van der Waals surface area contributed by atoms with Gasteiger partial charge in [0.25, 0.3) is 0 Å². The number of esters is 2. The average molecular weight is 670 g/mol. The number of unbranched alkanes of at least 4 members (excludes halogenated alkanes) is 21. The summed E-state index contributed by atoms with van der Waals surface area (Å²) in [6.45, 7) is 4.65. The largest absolute Gasteiger partial charge is 0.544 e. The van der Waals surface area contributed by atoms with Crippen LogP contribution in [0.15, 0.2) is 0 Å². The van der Waals surface area contributed by atoms with E-state index in [9.17, 15) is 19.5 Å². The molecule has 0 aromatic heterocycles. The Morgan fingerprint density at radius 1 is 0.553 bits per heavy atom. The SMILES string of the molecule is CCCCCCCCCCCCCCCCC(=O)OCC(COCCC(C(=O)[O-])[N+](C)(C)C)OC(=O)CCCCCCCCCCC. The molecule has 47 heavy (non-hydrogen) atoms. The summed E-state index contributed by atoms with van der Waals surface area (Å²) in [6.07, 6.45) is 28.4. The van der Waals surface area contributed by atoms with Crippen LogP contribution in [-0.2, 0) is 28.6 Å². The van der Waals surface area contributed by atoms with Gasteiger partial charge in [0.2, 0.25) is 0 Å². The standard InChI is InChI=1S/C39H75NO7/c1-6-8-10-12-14-16-17-18-19-20-22-23-25-27-29-37(41)46-34-35(33-45-32-31-36(39(43)44)40(3,4)5)47-38(42)30-28-26-24-21-15-13-11-9-7-2/h35-36H,6-34H2,1-5H3. The van der Waals surface area contributed by atoms with Crippen LogP contribution in [0.4, 0.5) is 0 Å². The molecule has 0 aromatic carbocycles. The Labute approximate surface area is 289 Å². The molecule has 0 aliphatic rings. The third-order valence-electron chi connectivity index (χ3n) is 8.99. The minimum Gasteiger partial charge on any atom is -0.544 e. The first-order valence-electron chi connectivity index (χ1n) is 19.6. The van der Waals surface area contributed by atoms with Gasteiger partial charge in [-0.25, -0.2) is 0 Å². The van der Waals surface area contributed by atoms with E-state index in [2.05, 4.69) is 13.8 Å². The zero-order valence-corrected chi connectivity index (χ0v) is 31.5. The molecule has 0 radical (unpaired) electrons. The minimum absolute atomic E-state index is 0.0482. The molecule has 278 valence electrons. The van der Waals surface area contributed by atoms with Crippen LogP contribution in [-0.4, -0.2) is 75.5 Å². The highest BCUT2D eigenvalue weighted by Crippen LogP contribution is 2.15. The van der Waals surface area contributed by atoms with E-state index in [4.69, 9.17) is 14.2 Å². The molecule has 0 spiro atoms. The second-order valence-electron chi connectivity index (χ2n) is 14.5. The number of carbonyl (C=O) groups excluding carboxylic acids is 3. The number of hydrogen-bond donors (Lipinski definition) is 0. The Morgan fingerprint density at radius 3 is 1.32 bits per heavy atom. The maximum Gasteiger partial charge on any atom is 0.306 e. The lowest BCUT2D eigenvalue weighted by Gasteiger charge is -2.34. The summed E-state index contributed by atoms with van der Waals surface area (Å²) in [4.78, 5) is 36.6. The van der Waals surface area contributed by atoms with Crippen molar-refractivity contribution in [2.45, 2.75) is 193 Å². The first kappa shape index (κ1) is 45.3. The van der Waals surface area contributed by atoms with E-state index in [0.717, 1.165) is 38.5 Å². The van der Waals surface area contributed by atoms with Gasteiger partial charge in [-0.15, -0.1) is 0 Å². The molecule has 0 bridgehead atoms. The molecule has 0 heterocycles. The lowest BCUT2D eigenvalue weighted by atomic mass is 10.0. The van der Waals surface area contributed by atoms with Crippen molar-refractivity contribution in [3.63, 3.8) is 0 Å². The molecule has 2 atom stereocenters. The lowest BCUT2D eigenvalue weighted by Crippen LogP contribution is -2.55. The Hall–Kier alpha value is -1.67. The summed E-state index contributed by atoms with van der Waals surface area (Å²) in [5, 5.41) is 11.6. The number of carboxylic acids is 1. The van der Waals surface area contributed by atoms with Gasteiger partial charge in [0, 0.05) is 19.3 Å². The van der Waals surface area contributed by atoms with Crippen LogP contribution in [0.5, 0.6) is 0 Å². The highest BCUT2D eigenvalue weighted by Gasteiger charge is 2.25. The number of nitrogens with zero attached hydrogens (tertiary/aromatic N) is 1. The molecular weight excluding hydrogens is 594 g/mol. The molecule has 0 aliphatic carbocycles. The Morgan fingerprint density at radius 2 is 0.936 bits per heavy atom. The number of aliphatic carboxylic acids is 1. The summed E-state index contributed by atoms with van der Waals surface area (Å²) in [6, 6.07) is -0.717. The van der Waals surface area contributed by atoms with Crippen molar-refractivity contribution >= 4 is 17.9 Å². The van der Waals surface area contributed by atoms with Gasteiger partial charge in [-0.2, -0.15) is 0 Å². The molecule has 0 amide bonds. The van der Waals surface area contributed by atoms with E-state index in [1.807, 2.05) is 0 Å². The van der Waals surface area contributed by atoms with Gasteiger partial charge in [0.15, 0.2) is 6.10 Å². The quantitative estimate of drug-likeness (QED) is 0.0379. The zero-order valence-electron chi connectivity index (χ0n) is 31.5. The van der Waals surface area contributed by atoms with Crippen LogP contribution < -0.4 is 5.11 Å². The molecule has 0 aliphatic heterocycles. The fourth-order valence-electron chi connectivity index (χ4n) is 5.89. The van der Waals surface area contributed by atoms with Crippen molar-refractivity contribution < 1.29 is 38.2 Å². The Balaban J connectivity index is 4.34. The number of carboxylic acid groups (broad SMARTS) is 1. The first-order valence-corrected chi connectivity index (χ1v) is 19.6. The van der Waals surface area contributed by atoms with Gasteiger partial charge < -0.3 is 28.6 Å². The summed E-state index contributed by atoms with van der Waals surface area (Å²) in [5.41, 5.74) is 0. The van der Waals surface area contributed by atoms with Gasteiger partial charge in [0.05, 0.1) is 40.3 Å². The van der Waals surface area contributed by atoms with Crippen LogP contribution in [0, 0.1) is 0 Å². The van der Waals surface area contributed by atoms with Crippen LogP contribution in [0.2, 0.25) is 0 Å². The number of quaternary nitrogens is 1. The first-order chi connectivity index (χ1) is 22.6. The third kappa shape index (κ3) is 30.1. The van der Waals surface area contributed by atoms with Crippen LogP contribution >= 0.6 is 0 Å². The minimum atomic E-state index is -1.12. The molecule has 0 aromatic rings. The number of carbonyl (C=O) groups is 3. The average Bonchev–Trinajstić information content (AvgIpc) is 3.01.